The quantitative estimate of drug-likeness (QED) is 0.270. The third kappa shape index (κ3) is 7.12. The minimum absolute atomic E-state index is 0.124. The summed E-state index contributed by atoms with van der Waals surface area (Å²) in [7, 11) is 4.30. The molecule has 0 radical (unpaired) electrons. The van der Waals surface area contributed by atoms with Crippen molar-refractivity contribution in [2.24, 2.45) is 5.10 Å². The number of fused-ring (bicyclic) bond motifs is 1. The molecule has 1 aliphatic heterocycles. The number of hydrogen-bond donors (Lipinski definition) is 2. The van der Waals surface area contributed by atoms with Crippen LogP contribution >= 0.6 is 23.2 Å². The highest BCUT2D eigenvalue weighted by Gasteiger charge is 2.41. The van der Waals surface area contributed by atoms with Gasteiger partial charge in [-0.1, -0.05) is 35.3 Å². The van der Waals surface area contributed by atoms with E-state index in [1.807, 2.05) is 0 Å². The van der Waals surface area contributed by atoms with Gasteiger partial charge in [-0.25, -0.2) is 5.43 Å². The second kappa shape index (κ2) is 13.6. The van der Waals surface area contributed by atoms with Crippen LogP contribution in [0.2, 0.25) is 10.0 Å². The molecule has 1 heterocycles. The van der Waals surface area contributed by atoms with Crippen LogP contribution in [0.4, 0.5) is 18.9 Å². The fraction of sp³-hybridized carbons (Fsp3) is 0.276. The van der Waals surface area contributed by atoms with E-state index < -0.39 is 36.7 Å². The number of carbonyl (C=O) groups is 2. The molecule has 0 unspecified atom stereocenters. The van der Waals surface area contributed by atoms with Crippen LogP contribution in [-0.4, -0.2) is 56.4 Å². The molecule has 0 aliphatic carbocycles. The lowest BCUT2D eigenvalue weighted by Gasteiger charge is -2.29. The third-order valence-electron chi connectivity index (χ3n) is 6.64. The fourth-order valence-electron chi connectivity index (χ4n) is 4.63. The monoisotopic (exact) mass is 655 g/mol. The Bertz CT molecular complexity index is 1590. The van der Waals surface area contributed by atoms with Gasteiger partial charge < -0.3 is 29.0 Å². The summed E-state index contributed by atoms with van der Waals surface area (Å²) in [6, 6.07) is 14.4. The largest absolute Gasteiger partial charge is 0.497 e. The molecule has 2 N–H and O–H groups in total. The van der Waals surface area contributed by atoms with E-state index >= 15 is 0 Å². The number of carbonyl (C=O) groups excluding carboxylic acids is 1. The number of amidine groups is 1. The van der Waals surface area contributed by atoms with E-state index in [-0.39, 0.29) is 22.4 Å². The van der Waals surface area contributed by atoms with Crippen LogP contribution in [0, 0.1) is 0 Å². The Kier molecular flexibility index (Phi) is 10.1. The third-order valence-corrected chi connectivity index (χ3v) is 7.28. The van der Waals surface area contributed by atoms with E-state index in [1.54, 1.807) is 48.5 Å². The van der Waals surface area contributed by atoms with Crippen LogP contribution in [-0.2, 0) is 20.9 Å². The summed E-state index contributed by atoms with van der Waals surface area (Å²) in [5.74, 6) is -2.94. The number of hydrazone groups is 1. The molecule has 1 amide bonds. The van der Waals surface area contributed by atoms with Crippen molar-refractivity contribution in [2.75, 3.05) is 26.2 Å². The van der Waals surface area contributed by atoms with E-state index in [9.17, 15) is 27.9 Å². The SMILES string of the molecule is COc1ccc(CN2C(=NNC(=O)C(F)(F)F)[C@@H](CC(=O)O)O[C@H](c3cccc(OC)c3Cl)c3cc(Cl)ccc32)c(OC)c1. The minimum atomic E-state index is -5.27. The maximum atomic E-state index is 13.2. The van der Waals surface area contributed by atoms with E-state index in [0.717, 1.165) is 0 Å². The molecule has 3 aromatic rings. The number of amides is 1. The second-order valence-corrected chi connectivity index (χ2v) is 10.2. The predicted molar refractivity (Wildman–Crippen MR) is 156 cm³/mol. The van der Waals surface area contributed by atoms with Gasteiger partial charge in [0.1, 0.15) is 29.5 Å². The van der Waals surface area contributed by atoms with Gasteiger partial charge in [0, 0.05) is 33.5 Å². The molecule has 3 aromatic carbocycles. The number of methoxy groups -OCH3 is 3. The van der Waals surface area contributed by atoms with Crippen LogP contribution in [0.15, 0.2) is 59.7 Å². The average molecular weight is 656 g/mol. The molecule has 0 aromatic heterocycles. The smallest absolute Gasteiger partial charge is 0.473 e. The summed E-state index contributed by atoms with van der Waals surface area (Å²) in [6.07, 6.45) is -8.65. The first-order valence-electron chi connectivity index (χ1n) is 12.8. The van der Waals surface area contributed by atoms with Gasteiger partial charge in [0.15, 0.2) is 5.84 Å². The van der Waals surface area contributed by atoms with Crippen molar-refractivity contribution in [3.05, 3.63) is 81.3 Å². The lowest BCUT2D eigenvalue weighted by atomic mass is 9.98. The Morgan fingerprint density at radius 3 is 2.36 bits per heavy atom. The van der Waals surface area contributed by atoms with Gasteiger partial charge in [-0.3, -0.25) is 9.59 Å². The Hall–Kier alpha value is -4.20. The topological polar surface area (TPSA) is 119 Å². The Balaban J connectivity index is 2.00. The second-order valence-electron chi connectivity index (χ2n) is 9.34. The molecule has 0 bridgehead atoms. The number of halogens is 5. The van der Waals surface area contributed by atoms with Gasteiger partial charge in [0.25, 0.3) is 0 Å². The first kappa shape index (κ1) is 32.7. The number of rotatable bonds is 9. The zero-order valence-corrected chi connectivity index (χ0v) is 25.0. The first-order chi connectivity index (χ1) is 20.9. The number of aliphatic carboxylic acids is 1. The molecule has 2 atom stereocenters. The standard InChI is InChI=1S/C29H26Cl2F3N3O7/c1-41-17-9-7-15(22(12-17)43-3)14-37-20-10-8-16(30)11-19(20)26(18-5-4-6-21(42-2)25(18)31)44-23(13-24(38)39)27(37)35-36-28(40)29(32,33)34/h4-12,23,26H,13-14H2,1-3H3,(H,36,40)(H,38,39)/t23-,26-/m1/s1. The van der Waals surface area contributed by atoms with E-state index in [1.165, 1.54) is 37.7 Å². The summed E-state index contributed by atoms with van der Waals surface area (Å²) in [5, 5.41) is 14.0. The summed E-state index contributed by atoms with van der Waals surface area (Å²) < 4.78 is 62.1. The first-order valence-corrected chi connectivity index (χ1v) is 13.6. The number of nitrogens with zero attached hydrogens (tertiary/aromatic N) is 2. The van der Waals surface area contributed by atoms with Crippen molar-refractivity contribution in [2.45, 2.75) is 31.3 Å². The number of carboxylic acid groups (broad SMARTS) is 1. The number of benzene rings is 3. The van der Waals surface area contributed by atoms with Crippen LogP contribution in [0.25, 0.3) is 0 Å². The molecular formula is C29H26Cl2F3N3O7. The predicted octanol–water partition coefficient (Wildman–Crippen LogP) is 5.98. The Morgan fingerprint density at radius 1 is 1.00 bits per heavy atom. The molecule has 0 saturated carbocycles. The summed E-state index contributed by atoms with van der Waals surface area (Å²) in [4.78, 5) is 25.3. The number of carboxylic acids is 1. The molecule has 4 rings (SSSR count). The van der Waals surface area contributed by atoms with E-state index in [4.69, 9.17) is 42.1 Å². The molecule has 0 fully saturated rings. The molecule has 0 saturated heterocycles. The molecular weight excluding hydrogens is 630 g/mol. The number of anilines is 1. The normalized spacial score (nSPS) is 17.5. The van der Waals surface area contributed by atoms with Crippen molar-refractivity contribution in [1.82, 2.24) is 5.43 Å². The van der Waals surface area contributed by atoms with Crippen LogP contribution in [0.5, 0.6) is 17.2 Å². The van der Waals surface area contributed by atoms with Crippen LogP contribution in [0.3, 0.4) is 0 Å². The maximum Gasteiger partial charge on any atom is 0.473 e. The Morgan fingerprint density at radius 2 is 1.73 bits per heavy atom. The average Bonchev–Trinajstić information content (AvgIpc) is 3.09. The molecule has 44 heavy (non-hydrogen) atoms. The zero-order valence-electron chi connectivity index (χ0n) is 23.4. The highest BCUT2D eigenvalue weighted by molar-refractivity contribution is 6.33. The molecule has 10 nitrogen and oxygen atoms in total. The Labute approximate surface area is 259 Å². The number of nitrogens with one attached hydrogen (secondary N) is 1. The summed E-state index contributed by atoms with van der Waals surface area (Å²) in [6.45, 7) is -0.124. The van der Waals surface area contributed by atoms with Crippen molar-refractivity contribution in [1.29, 1.82) is 0 Å². The van der Waals surface area contributed by atoms with Gasteiger partial charge >= 0.3 is 18.1 Å². The van der Waals surface area contributed by atoms with Crippen molar-refractivity contribution in [3.63, 3.8) is 0 Å². The van der Waals surface area contributed by atoms with Gasteiger partial charge in [-0.2, -0.15) is 18.3 Å². The van der Waals surface area contributed by atoms with Gasteiger partial charge in [-0.15, -0.1) is 0 Å². The lowest BCUT2D eigenvalue weighted by molar-refractivity contribution is -0.173. The van der Waals surface area contributed by atoms with Crippen molar-refractivity contribution >= 4 is 46.6 Å². The van der Waals surface area contributed by atoms with Crippen molar-refractivity contribution < 1.29 is 46.8 Å². The van der Waals surface area contributed by atoms with E-state index in [0.29, 0.717) is 39.6 Å². The molecule has 0 spiro atoms. The molecule has 234 valence electrons. The maximum absolute atomic E-state index is 13.2. The van der Waals surface area contributed by atoms with Gasteiger partial charge in [0.2, 0.25) is 0 Å². The molecule has 15 heteroatoms. The fourth-order valence-corrected chi connectivity index (χ4v) is 5.11. The zero-order chi connectivity index (χ0) is 32.2. The van der Waals surface area contributed by atoms with Crippen LogP contribution in [0.1, 0.15) is 29.2 Å². The van der Waals surface area contributed by atoms with Gasteiger partial charge in [-0.05, 0) is 36.4 Å². The number of ether oxygens (including phenoxy) is 4. The number of alkyl halides is 3. The van der Waals surface area contributed by atoms with E-state index in [2.05, 4.69) is 5.10 Å². The summed E-state index contributed by atoms with van der Waals surface area (Å²) in [5.41, 5.74) is 3.06. The number of hydrogen-bond acceptors (Lipinski definition) is 7. The highest BCUT2D eigenvalue weighted by atomic mass is 35.5. The van der Waals surface area contributed by atoms with Crippen LogP contribution < -0.4 is 24.5 Å². The van der Waals surface area contributed by atoms with Crippen molar-refractivity contribution in [3.8, 4) is 17.2 Å². The lowest BCUT2D eigenvalue weighted by Crippen LogP contribution is -2.43. The summed E-state index contributed by atoms with van der Waals surface area (Å²) >= 11 is 13.1. The highest BCUT2D eigenvalue weighted by Crippen LogP contribution is 2.45. The van der Waals surface area contributed by atoms with Gasteiger partial charge in [0.05, 0.1) is 39.3 Å². The molecule has 1 aliphatic rings. The minimum Gasteiger partial charge on any atom is -0.497 e.